The summed E-state index contributed by atoms with van der Waals surface area (Å²) in [6, 6.07) is 0. The van der Waals surface area contributed by atoms with Gasteiger partial charge in [-0.25, -0.2) is 4.68 Å². The average molecular weight is 218 g/mol. The zero-order chi connectivity index (χ0) is 9.68. The first-order valence-electron chi connectivity index (χ1n) is 3.28. The molecule has 0 bridgehead atoms. The first-order valence-corrected chi connectivity index (χ1v) is 4.74. The third-order valence-electron chi connectivity index (χ3n) is 1.06. The Kier molecular flexibility index (Phi) is 3.77. The first kappa shape index (κ1) is 10.1. The van der Waals surface area contributed by atoms with Crippen molar-refractivity contribution < 1.29 is 9.90 Å². The molecule has 0 aliphatic heterocycles. The van der Waals surface area contributed by atoms with Crippen LogP contribution >= 0.6 is 24.0 Å². The fourth-order valence-corrected chi connectivity index (χ4v) is 1.40. The van der Waals surface area contributed by atoms with Gasteiger partial charge < -0.3 is 5.11 Å². The van der Waals surface area contributed by atoms with E-state index in [1.165, 1.54) is 21.8 Å². The highest BCUT2D eigenvalue weighted by molar-refractivity contribution is 8.00. The number of nitrogens with zero attached hydrogens (tertiary/aromatic N) is 4. The van der Waals surface area contributed by atoms with Crippen LogP contribution in [0.1, 0.15) is 0 Å². The van der Waals surface area contributed by atoms with E-state index < -0.39 is 5.97 Å². The summed E-state index contributed by atoms with van der Waals surface area (Å²) in [5, 5.41) is 21.0. The van der Waals surface area contributed by atoms with Gasteiger partial charge in [-0.3, -0.25) is 4.79 Å². The Balaban J connectivity index is 2.65. The van der Waals surface area contributed by atoms with E-state index >= 15 is 0 Å². The molecule has 0 amide bonds. The Hall–Kier alpha value is -1.02. The molecular weight excluding hydrogens is 212 g/mol. The van der Waals surface area contributed by atoms with Crippen LogP contribution in [0.2, 0.25) is 0 Å². The topological polar surface area (TPSA) is 80.9 Å². The zero-order valence-electron chi connectivity index (χ0n) is 6.45. The Labute approximate surface area is 83.3 Å². The Morgan fingerprint density at radius 3 is 3.15 bits per heavy atom. The molecule has 1 aromatic rings. The first-order chi connectivity index (χ1) is 6.24. The lowest BCUT2D eigenvalue weighted by Crippen LogP contribution is -2.11. The summed E-state index contributed by atoms with van der Waals surface area (Å²) < 4.78 is 1.21. The highest BCUT2D eigenvalue weighted by Gasteiger charge is 2.08. The van der Waals surface area contributed by atoms with Gasteiger partial charge in [0.15, 0.2) is 0 Å². The van der Waals surface area contributed by atoms with Gasteiger partial charge in [-0.15, -0.1) is 5.10 Å². The van der Waals surface area contributed by atoms with Crippen LogP contribution in [0.4, 0.5) is 0 Å². The molecule has 1 heterocycles. The van der Waals surface area contributed by atoms with Crippen molar-refractivity contribution in [3.8, 4) is 0 Å². The maximum absolute atomic E-state index is 10.3. The van der Waals surface area contributed by atoms with Crippen LogP contribution in [0.15, 0.2) is 5.16 Å². The summed E-state index contributed by atoms with van der Waals surface area (Å²) in [7, 11) is 0. The summed E-state index contributed by atoms with van der Waals surface area (Å²) in [4.78, 5) is 10.3. The maximum Gasteiger partial charge on any atom is 0.325 e. The second-order valence-electron chi connectivity index (χ2n) is 1.99. The van der Waals surface area contributed by atoms with E-state index in [-0.39, 0.29) is 6.54 Å². The van der Waals surface area contributed by atoms with Gasteiger partial charge in [0.1, 0.15) is 6.54 Å². The SMILES string of the molecule is O=C(O)Cn1nnnc1SCC=S. The van der Waals surface area contributed by atoms with Gasteiger partial charge in [0, 0.05) is 5.75 Å². The number of hydrogen-bond donors (Lipinski definition) is 1. The monoisotopic (exact) mass is 218 g/mol. The molecule has 13 heavy (non-hydrogen) atoms. The summed E-state index contributed by atoms with van der Waals surface area (Å²) in [6.07, 6.45) is 0. The van der Waals surface area contributed by atoms with Crippen molar-refractivity contribution in [3.63, 3.8) is 0 Å². The number of rotatable bonds is 5. The molecule has 1 aromatic heterocycles. The predicted molar refractivity (Wildman–Crippen MR) is 49.8 cm³/mol. The predicted octanol–water partition coefficient (Wildman–Crippen LogP) is -0.151. The molecule has 0 aliphatic carbocycles. The van der Waals surface area contributed by atoms with Gasteiger partial charge >= 0.3 is 5.97 Å². The third kappa shape index (κ3) is 3.07. The smallest absolute Gasteiger partial charge is 0.325 e. The van der Waals surface area contributed by atoms with Crippen molar-refractivity contribution in [2.24, 2.45) is 0 Å². The molecule has 0 radical (unpaired) electrons. The molecule has 0 saturated carbocycles. The number of tetrazole rings is 1. The van der Waals surface area contributed by atoms with E-state index in [9.17, 15) is 4.79 Å². The fourth-order valence-electron chi connectivity index (χ4n) is 0.636. The van der Waals surface area contributed by atoms with Crippen molar-refractivity contribution in [1.29, 1.82) is 0 Å². The number of carboxylic acid groups (broad SMARTS) is 1. The maximum atomic E-state index is 10.3. The molecule has 0 saturated heterocycles. The van der Waals surface area contributed by atoms with Gasteiger partial charge in [0.05, 0.1) is 0 Å². The largest absolute Gasteiger partial charge is 0.480 e. The van der Waals surface area contributed by atoms with Gasteiger partial charge in [0.25, 0.3) is 0 Å². The molecule has 70 valence electrons. The van der Waals surface area contributed by atoms with Gasteiger partial charge in [0.2, 0.25) is 5.16 Å². The molecule has 0 fully saturated rings. The van der Waals surface area contributed by atoms with Crippen LogP contribution in [0.3, 0.4) is 0 Å². The molecule has 0 aromatic carbocycles. The molecule has 0 aliphatic rings. The summed E-state index contributed by atoms with van der Waals surface area (Å²) >= 11 is 5.92. The lowest BCUT2D eigenvalue weighted by atomic mass is 10.7. The minimum atomic E-state index is -0.975. The molecule has 1 N–H and O–H groups in total. The Bertz CT molecular complexity index is 313. The average Bonchev–Trinajstić information content (AvgIpc) is 2.48. The number of aliphatic carboxylic acids is 1. The quantitative estimate of drug-likeness (QED) is 0.543. The van der Waals surface area contributed by atoms with Gasteiger partial charge in [-0.1, -0.05) is 24.0 Å². The second kappa shape index (κ2) is 4.87. The molecule has 0 unspecified atom stereocenters. The number of thiocarbonyl (C=S) groups is 1. The zero-order valence-corrected chi connectivity index (χ0v) is 8.09. The molecule has 8 heteroatoms. The minimum absolute atomic E-state index is 0.229. The summed E-state index contributed by atoms with van der Waals surface area (Å²) in [6.45, 7) is -0.229. The molecule has 0 spiro atoms. The van der Waals surface area contributed by atoms with E-state index in [1.807, 2.05) is 0 Å². The van der Waals surface area contributed by atoms with E-state index in [0.29, 0.717) is 10.9 Å². The van der Waals surface area contributed by atoms with Crippen LogP contribution in [0.5, 0.6) is 0 Å². The molecule has 0 atom stereocenters. The highest BCUT2D eigenvalue weighted by Crippen LogP contribution is 2.11. The number of hydrogen-bond acceptors (Lipinski definition) is 6. The van der Waals surface area contributed by atoms with E-state index in [2.05, 4.69) is 27.7 Å². The van der Waals surface area contributed by atoms with Crippen molar-refractivity contribution >= 4 is 35.3 Å². The number of carboxylic acids is 1. The van der Waals surface area contributed by atoms with E-state index in [0.717, 1.165) is 0 Å². The highest BCUT2D eigenvalue weighted by atomic mass is 32.2. The molecule has 1 rings (SSSR count). The third-order valence-corrected chi connectivity index (χ3v) is 2.33. The number of aromatic nitrogens is 4. The Morgan fingerprint density at radius 1 is 1.77 bits per heavy atom. The van der Waals surface area contributed by atoms with Gasteiger partial charge in [-0.05, 0) is 15.8 Å². The van der Waals surface area contributed by atoms with Crippen molar-refractivity contribution in [2.75, 3.05) is 5.75 Å². The minimum Gasteiger partial charge on any atom is -0.480 e. The van der Waals surface area contributed by atoms with Crippen molar-refractivity contribution in [3.05, 3.63) is 0 Å². The summed E-state index contributed by atoms with van der Waals surface area (Å²) in [5.41, 5.74) is 0. The molecular formula is C5H6N4O2S2. The molecule has 6 nitrogen and oxygen atoms in total. The number of thioether (sulfide) groups is 1. The number of carbonyl (C=O) groups is 1. The lowest BCUT2D eigenvalue weighted by molar-refractivity contribution is -0.138. The van der Waals surface area contributed by atoms with Crippen LogP contribution in [0.25, 0.3) is 0 Å². The van der Waals surface area contributed by atoms with Crippen LogP contribution in [-0.2, 0) is 11.3 Å². The van der Waals surface area contributed by atoms with Crippen LogP contribution in [-0.4, -0.2) is 42.4 Å². The standard InChI is InChI=1S/C5H6N4O2S2/c10-4(11)3-9-5(6-7-8-9)13-2-1-12/h1H,2-3H2,(H,10,11). The lowest BCUT2D eigenvalue weighted by Gasteiger charge is -1.97. The van der Waals surface area contributed by atoms with Gasteiger partial charge in [-0.2, -0.15) is 0 Å². The van der Waals surface area contributed by atoms with Crippen LogP contribution in [0, 0.1) is 0 Å². The van der Waals surface area contributed by atoms with E-state index in [4.69, 9.17) is 5.11 Å². The fraction of sp³-hybridized carbons (Fsp3) is 0.400. The van der Waals surface area contributed by atoms with E-state index in [1.54, 1.807) is 0 Å². The van der Waals surface area contributed by atoms with Crippen molar-refractivity contribution in [1.82, 2.24) is 20.2 Å². The van der Waals surface area contributed by atoms with Crippen molar-refractivity contribution in [2.45, 2.75) is 11.7 Å². The Morgan fingerprint density at radius 2 is 2.54 bits per heavy atom. The van der Waals surface area contributed by atoms with Crippen LogP contribution < -0.4 is 0 Å². The second-order valence-corrected chi connectivity index (χ2v) is 3.31. The normalized spacial score (nSPS) is 9.85. The summed E-state index contributed by atoms with van der Waals surface area (Å²) in [5.74, 6) is -0.397.